The molecule has 2 aromatic heterocycles. The van der Waals surface area contributed by atoms with Gasteiger partial charge in [-0.1, -0.05) is 35.8 Å². The topological polar surface area (TPSA) is 84.2 Å². The molecule has 1 amide bonds. The minimum absolute atomic E-state index is 0.0658. The van der Waals surface area contributed by atoms with Gasteiger partial charge < -0.3 is 14.7 Å². The van der Waals surface area contributed by atoms with Crippen LogP contribution in [0.25, 0.3) is 11.1 Å². The van der Waals surface area contributed by atoms with E-state index in [0.29, 0.717) is 18.8 Å². The van der Waals surface area contributed by atoms with E-state index in [-0.39, 0.29) is 11.8 Å². The highest BCUT2D eigenvalue weighted by Gasteiger charge is 2.28. The summed E-state index contributed by atoms with van der Waals surface area (Å²) in [6.45, 7) is 4.13. The summed E-state index contributed by atoms with van der Waals surface area (Å²) >= 11 is 5.92. The van der Waals surface area contributed by atoms with Crippen LogP contribution in [0.3, 0.4) is 0 Å². The fraction of sp³-hybridized carbons (Fsp3) is 0.429. The number of fused-ring (bicyclic) bond motifs is 1. The van der Waals surface area contributed by atoms with E-state index in [4.69, 9.17) is 16.1 Å². The summed E-state index contributed by atoms with van der Waals surface area (Å²) in [5.41, 5.74) is 2.51. The standard InChI is InChI=1S/C21H24ClN5O2/c1-2-17-18-19(24-13-25-21(18)29-26-17)27-11-3-4-15(12-27)20(28)23-10-9-14-5-7-16(22)8-6-14/h5-8,13,15H,2-4,9-12H2,1H3,(H,23,28). The molecule has 7 nitrogen and oxygen atoms in total. The molecule has 1 fully saturated rings. The summed E-state index contributed by atoms with van der Waals surface area (Å²) in [5.74, 6) is 0.839. The van der Waals surface area contributed by atoms with E-state index < -0.39 is 0 Å². The first kappa shape index (κ1) is 19.6. The zero-order valence-corrected chi connectivity index (χ0v) is 17.2. The Labute approximate surface area is 174 Å². The SMILES string of the molecule is CCc1noc2ncnc(N3CCCC(C(=O)NCCc4ccc(Cl)cc4)C3)c12. The van der Waals surface area contributed by atoms with Gasteiger partial charge in [0.15, 0.2) is 0 Å². The lowest BCUT2D eigenvalue weighted by Gasteiger charge is -2.33. The molecule has 3 heterocycles. The van der Waals surface area contributed by atoms with E-state index in [1.165, 1.54) is 6.33 Å². The molecule has 8 heteroatoms. The van der Waals surface area contributed by atoms with Crippen LogP contribution < -0.4 is 10.2 Å². The van der Waals surface area contributed by atoms with Crippen molar-refractivity contribution < 1.29 is 9.32 Å². The number of hydrogen-bond donors (Lipinski definition) is 1. The van der Waals surface area contributed by atoms with E-state index in [1.54, 1.807) is 0 Å². The van der Waals surface area contributed by atoms with Crippen molar-refractivity contribution in [2.24, 2.45) is 5.92 Å². The number of hydrogen-bond acceptors (Lipinski definition) is 6. The Bertz CT molecular complexity index is 988. The Morgan fingerprint density at radius 1 is 1.31 bits per heavy atom. The van der Waals surface area contributed by atoms with Crippen molar-refractivity contribution in [1.82, 2.24) is 20.4 Å². The summed E-state index contributed by atoms with van der Waals surface area (Å²) < 4.78 is 5.33. The maximum Gasteiger partial charge on any atom is 0.263 e. The maximum absolute atomic E-state index is 12.7. The largest absolute Gasteiger partial charge is 0.355 e. The van der Waals surface area contributed by atoms with Crippen LogP contribution >= 0.6 is 11.6 Å². The molecule has 152 valence electrons. The average molecular weight is 414 g/mol. The first-order chi connectivity index (χ1) is 14.2. The summed E-state index contributed by atoms with van der Waals surface area (Å²) in [5, 5.41) is 8.77. The summed E-state index contributed by atoms with van der Waals surface area (Å²) in [6, 6.07) is 7.72. The van der Waals surface area contributed by atoms with E-state index in [1.807, 2.05) is 31.2 Å². The first-order valence-corrected chi connectivity index (χ1v) is 10.4. The number of nitrogens with zero attached hydrogens (tertiary/aromatic N) is 4. The van der Waals surface area contributed by atoms with Gasteiger partial charge in [0.05, 0.1) is 11.6 Å². The van der Waals surface area contributed by atoms with E-state index in [0.717, 1.165) is 59.7 Å². The Morgan fingerprint density at radius 2 is 2.14 bits per heavy atom. The third kappa shape index (κ3) is 4.34. The second kappa shape index (κ2) is 8.78. The van der Waals surface area contributed by atoms with Gasteiger partial charge in [0.1, 0.15) is 17.5 Å². The lowest BCUT2D eigenvalue weighted by atomic mass is 9.96. The van der Waals surface area contributed by atoms with Gasteiger partial charge in [-0.3, -0.25) is 4.79 Å². The lowest BCUT2D eigenvalue weighted by molar-refractivity contribution is -0.125. The molecular weight excluding hydrogens is 390 g/mol. The highest BCUT2D eigenvalue weighted by Crippen LogP contribution is 2.30. The van der Waals surface area contributed by atoms with Crippen LogP contribution in [0.1, 0.15) is 31.0 Å². The van der Waals surface area contributed by atoms with Crippen molar-refractivity contribution in [1.29, 1.82) is 0 Å². The fourth-order valence-electron chi connectivity index (χ4n) is 3.82. The molecule has 4 rings (SSSR count). The molecule has 0 aliphatic carbocycles. The number of carbonyl (C=O) groups excluding carboxylic acids is 1. The van der Waals surface area contributed by atoms with Crippen molar-refractivity contribution in [3.63, 3.8) is 0 Å². The summed E-state index contributed by atoms with van der Waals surface area (Å²) in [7, 11) is 0. The molecule has 1 atom stereocenters. The number of halogens is 1. The zero-order valence-electron chi connectivity index (χ0n) is 16.4. The lowest BCUT2D eigenvalue weighted by Crippen LogP contribution is -2.44. The van der Waals surface area contributed by atoms with E-state index in [9.17, 15) is 4.79 Å². The molecule has 0 spiro atoms. The summed E-state index contributed by atoms with van der Waals surface area (Å²) in [6.07, 6.45) is 4.84. The predicted molar refractivity (Wildman–Crippen MR) is 112 cm³/mol. The maximum atomic E-state index is 12.7. The molecule has 3 aromatic rings. The number of aryl methyl sites for hydroxylation is 1. The number of carbonyl (C=O) groups is 1. The predicted octanol–water partition coefficient (Wildman–Crippen LogP) is 3.41. The number of benzene rings is 1. The third-order valence-corrected chi connectivity index (χ3v) is 5.63. The van der Waals surface area contributed by atoms with Crippen LogP contribution in [0.5, 0.6) is 0 Å². The summed E-state index contributed by atoms with van der Waals surface area (Å²) in [4.78, 5) is 23.6. The average Bonchev–Trinajstić information content (AvgIpc) is 3.18. The molecule has 1 aliphatic heterocycles. The van der Waals surface area contributed by atoms with Crippen molar-refractivity contribution in [2.45, 2.75) is 32.6 Å². The van der Waals surface area contributed by atoms with Gasteiger partial charge in [0, 0.05) is 24.7 Å². The van der Waals surface area contributed by atoms with Crippen molar-refractivity contribution >= 4 is 34.4 Å². The van der Waals surface area contributed by atoms with Crippen molar-refractivity contribution in [2.75, 3.05) is 24.5 Å². The number of aromatic nitrogens is 3. The van der Waals surface area contributed by atoms with E-state index in [2.05, 4.69) is 25.3 Å². The van der Waals surface area contributed by atoms with Crippen LogP contribution in [-0.2, 0) is 17.6 Å². The third-order valence-electron chi connectivity index (χ3n) is 5.38. The van der Waals surface area contributed by atoms with Crippen LogP contribution in [0.2, 0.25) is 5.02 Å². The van der Waals surface area contributed by atoms with Crippen LogP contribution in [-0.4, -0.2) is 40.7 Å². The van der Waals surface area contributed by atoms with Gasteiger partial charge in [0.25, 0.3) is 5.71 Å². The molecule has 1 saturated heterocycles. The quantitative estimate of drug-likeness (QED) is 0.666. The molecule has 0 radical (unpaired) electrons. The molecule has 0 saturated carbocycles. The van der Waals surface area contributed by atoms with Crippen LogP contribution in [0, 0.1) is 5.92 Å². The molecular formula is C21H24ClN5O2. The normalized spacial score (nSPS) is 16.9. The molecule has 0 bridgehead atoms. The zero-order chi connectivity index (χ0) is 20.2. The van der Waals surface area contributed by atoms with Crippen molar-refractivity contribution in [3.8, 4) is 0 Å². The molecule has 1 unspecified atom stereocenters. The number of anilines is 1. The minimum Gasteiger partial charge on any atom is -0.355 e. The van der Waals surface area contributed by atoms with Gasteiger partial charge in [0.2, 0.25) is 5.91 Å². The Hall–Kier alpha value is -2.67. The highest BCUT2D eigenvalue weighted by molar-refractivity contribution is 6.30. The molecule has 1 aromatic carbocycles. The van der Waals surface area contributed by atoms with Gasteiger partial charge in [-0.15, -0.1) is 0 Å². The minimum atomic E-state index is -0.0658. The molecule has 1 aliphatic rings. The number of nitrogens with one attached hydrogen (secondary N) is 1. The van der Waals surface area contributed by atoms with E-state index >= 15 is 0 Å². The monoisotopic (exact) mass is 413 g/mol. The Morgan fingerprint density at radius 3 is 2.93 bits per heavy atom. The Balaban J connectivity index is 1.40. The smallest absolute Gasteiger partial charge is 0.263 e. The van der Waals surface area contributed by atoms with Crippen molar-refractivity contribution in [3.05, 3.63) is 46.9 Å². The molecule has 1 N–H and O–H groups in total. The van der Waals surface area contributed by atoms with Gasteiger partial charge in [-0.2, -0.15) is 4.98 Å². The number of rotatable bonds is 6. The Kier molecular flexibility index (Phi) is 5.94. The second-order valence-corrected chi connectivity index (χ2v) is 7.75. The van der Waals surface area contributed by atoms with Gasteiger partial charge >= 0.3 is 0 Å². The van der Waals surface area contributed by atoms with Gasteiger partial charge in [-0.05, 0) is 43.4 Å². The van der Waals surface area contributed by atoms with Crippen LogP contribution in [0.15, 0.2) is 35.1 Å². The first-order valence-electron chi connectivity index (χ1n) is 10.0. The number of piperidine rings is 1. The second-order valence-electron chi connectivity index (χ2n) is 7.31. The molecule has 29 heavy (non-hydrogen) atoms. The highest BCUT2D eigenvalue weighted by atomic mass is 35.5. The number of amides is 1. The fourth-order valence-corrected chi connectivity index (χ4v) is 3.94. The van der Waals surface area contributed by atoms with Crippen LogP contribution in [0.4, 0.5) is 5.82 Å². The van der Waals surface area contributed by atoms with Gasteiger partial charge in [-0.25, -0.2) is 4.98 Å².